The van der Waals surface area contributed by atoms with E-state index in [9.17, 15) is 0 Å². The van der Waals surface area contributed by atoms with Crippen molar-refractivity contribution in [3.63, 3.8) is 0 Å². The van der Waals surface area contributed by atoms with Crippen LogP contribution in [0.15, 0.2) is 77.9 Å². The molecule has 0 saturated carbocycles. The van der Waals surface area contributed by atoms with Gasteiger partial charge in [0.2, 0.25) is 0 Å². The van der Waals surface area contributed by atoms with E-state index >= 15 is 0 Å². The SMILES string of the molecule is [H-].[H-].[H-].[Ti+3][C](C1=CC=CC1)(C1=CC=CC1)c1ccccc1. The van der Waals surface area contributed by atoms with Gasteiger partial charge in [-0.1, -0.05) is 0 Å². The summed E-state index contributed by atoms with van der Waals surface area (Å²) in [6.45, 7) is 0. The normalized spacial score (nSPS) is 18.1. The van der Waals surface area contributed by atoms with Crippen LogP contribution in [0.3, 0.4) is 0 Å². The Morgan fingerprint density at radius 3 is 1.89 bits per heavy atom. The molecule has 0 saturated heterocycles. The zero-order valence-electron chi connectivity index (χ0n) is 13.3. The summed E-state index contributed by atoms with van der Waals surface area (Å²) in [5.74, 6) is 0. The molecule has 90 valence electrons. The number of hydrogen-bond acceptors (Lipinski definition) is 0. The van der Waals surface area contributed by atoms with Crippen molar-refractivity contribution in [2.24, 2.45) is 0 Å². The Morgan fingerprint density at radius 2 is 1.44 bits per heavy atom. The summed E-state index contributed by atoms with van der Waals surface area (Å²) in [5, 5.41) is 0. The average Bonchev–Trinajstić information content (AvgIpc) is 3.12. The van der Waals surface area contributed by atoms with Crippen LogP contribution in [-0.2, 0) is 24.2 Å². The van der Waals surface area contributed by atoms with Gasteiger partial charge in [-0.15, -0.1) is 0 Å². The monoisotopic (exact) mass is 270 g/mol. The molecule has 1 heteroatoms. The number of hydrogen-bond donors (Lipinski definition) is 0. The first-order valence-electron chi connectivity index (χ1n) is 6.34. The minimum atomic E-state index is 0. The Kier molecular flexibility index (Phi) is 3.24. The first-order chi connectivity index (χ1) is 8.82. The summed E-state index contributed by atoms with van der Waals surface area (Å²) in [6, 6.07) is 10.9. The van der Waals surface area contributed by atoms with Gasteiger partial charge in [0.1, 0.15) is 0 Å². The second kappa shape index (κ2) is 4.87. The summed E-state index contributed by atoms with van der Waals surface area (Å²) in [4.78, 5) is 0. The zero-order chi connectivity index (χ0) is 12.4. The molecule has 0 amide bonds. The van der Waals surface area contributed by atoms with Crippen LogP contribution in [0.5, 0.6) is 0 Å². The van der Waals surface area contributed by atoms with Crippen LogP contribution in [0.4, 0.5) is 0 Å². The van der Waals surface area contributed by atoms with Crippen LogP contribution < -0.4 is 0 Å². The van der Waals surface area contributed by atoms with Crippen molar-refractivity contribution in [1.29, 1.82) is 0 Å². The first-order valence-corrected chi connectivity index (χ1v) is 7.13. The van der Waals surface area contributed by atoms with Gasteiger partial charge in [0, 0.05) is 0 Å². The van der Waals surface area contributed by atoms with E-state index in [1.54, 1.807) is 0 Å². The van der Waals surface area contributed by atoms with Gasteiger partial charge in [-0.25, -0.2) is 0 Å². The third kappa shape index (κ3) is 1.90. The van der Waals surface area contributed by atoms with Gasteiger partial charge in [-0.05, 0) is 0 Å². The summed E-state index contributed by atoms with van der Waals surface area (Å²) in [6.07, 6.45) is 15.6. The van der Waals surface area contributed by atoms with Crippen molar-refractivity contribution in [2.75, 3.05) is 0 Å². The molecule has 2 aliphatic carbocycles. The van der Waals surface area contributed by atoms with Crippen molar-refractivity contribution < 1.29 is 24.7 Å². The van der Waals surface area contributed by atoms with Crippen molar-refractivity contribution in [1.82, 2.24) is 0 Å². The van der Waals surface area contributed by atoms with Crippen LogP contribution in [0.2, 0.25) is 0 Å². The molecule has 3 rings (SSSR count). The van der Waals surface area contributed by atoms with Crippen molar-refractivity contribution in [3.8, 4) is 0 Å². The van der Waals surface area contributed by atoms with Crippen molar-refractivity contribution >= 4 is 0 Å². The maximum atomic E-state index is 2.36. The van der Waals surface area contributed by atoms with Crippen LogP contribution in [0, 0.1) is 0 Å². The molecule has 0 atom stereocenters. The predicted octanol–water partition coefficient (Wildman–Crippen LogP) is 4.54. The van der Waals surface area contributed by atoms with Gasteiger partial charge in [0.05, 0.1) is 0 Å². The Bertz CT molecular complexity index is 541. The third-order valence-corrected chi connectivity index (χ3v) is 5.17. The first kappa shape index (κ1) is 12.0. The van der Waals surface area contributed by atoms with Crippen LogP contribution >= 0.6 is 0 Å². The molecule has 18 heavy (non-hydrogen) atoms. The van der Waals surface area contributed by atoms with E-state index in [1.807, 2.05) is 0 Å². The Morgan fingerprint density at radius 1 is 0.889 bits per heavy atom. The van der Waals surface area contributed by atoms with E-state index in [4.69, 9.17) is 0 Å². The van der Waals surface area contributed by atoms with E-state index in [0.29, 0.717) is 0 Å². The van der Waals surface area contributed by atoms with Gasteiger partial charge in [0.15, 0.2) is 0 Å². The molecule has 0 nitrogen and oxygen atoms in total. The Labute approximate surface area is 125 Å². The molecule has 0 spiro atoms. The number of allylic oxidation sites excluding steroid dienone is 8. The Hall–Kier alpha value is -1.11. The van der Waals surface area contributed by atoms with Crippen LogP contribution in [-0.4, -0.2) is 0 Å². The Balaban J connectivity index is 0.00000133. The molecule has 0 aliphatic heterocycles. The van der Waals surface area contributed by atoms with E-state index < -0.39 is 0 Å². The fraction of sp³-hybridized carbons (Fsp3) is 0.176. The molecule has 2 aliphatic rings. The third-order valence-electron chi connectivity index (χ3n) is 3.71. The molecular weight excluding hydrogens is 252 g/mol. The predicted molar refractivity (Wildman–Crippen MR) is 75.1 cm³/mol. The van der Waals surface area contributed by atoms with Gasteiger partial charge in [-0.3, -0.25) is 0 Å². The minimum absolute atomic E-state index is 0. The van der Waals surface area contributed by atoms with E-state index in [-0.39, 0.29) is 8.00 Å². The van der Waals surface area contributed by atoms with Gasteiger partial charge in [-0.2, -0.15) is 0 Å². The van der Waals surface area contributed by atoms with Crippen molar-refractivity contribution in [2.45, 2.75) is 16.6 Å². The summed E-state index contributed by atoms with van der Waals surface area (Å²) in [7, 11) is 0. The van der Waals surface area contributed by atoms with Gasteiger partial charge >= 0.3 is 120 Å². The molecule has 1 aromatic carbocycles. The van der Waals surface area contributed by atoms with Crippen molar-refractivity contribution in [3.05, 3.63) is 83.5 Å². The molecule has 0 radical (unpaired) electrons. The molecular formula is C17H18Ti. The van der Waals surface area contributed by atoms with E-state index in [0.717, 1.165) is 12.8 Å². The fourth-order valence-electron chi connectivity index (χ4n) is 2.72. The zero-order valence-corrected chi connectivity index (χ0v) is 11.8. The maximum absolute atomic E-state index is 2.36. The molecule has 0 aromatic heterocycles. The average molecular weight is 270 g/mol. The summed E-state index contributed by atoms with van der Waals surface area (Å²) in [5.41, 5.74) is 4.40. The standard InChI is InChI=1S/C17H15.Ti.3H/c1-2-8-14(9-3-1)17(15-10-4-5-11-15)16-12-6-7-13-16;;;;/h1-10,12H,11,13H2;;;;/q;+3;3*-1. The van der Waals surface area contributed by atoms with Gasteiger partial charge in [0.25, 0.3) is 0 Å². The van der Waals surface area contributed by atoms with E-state index in [2.05, 4.69) is 87.2 Å². The topological polar surface area (TPSA) is 0 Å². The molecule has 0 heterocycles. The quantitative estimate of drug-likeness (QED) is 0.707. The second-order valence-corrected chi connectivity index (χ2v) is 5.94. The molecule has 0 N–H and O–H groups in total. The number of rotatable bonds is 3. The van der Waals surface area contributed by atoms with Crippen LogP contribution in [0.25, 0.3) is 0 Å². The second-order valence-electron chi connectivity index (χ2n) is 4.76. The summed E-state index contributed by atoms with van der Waals surface area (Å²) < 4.78 is 0.0499. The number of benzene rings is 1. The molecule has 0 fully saturated rings. The van der Waals surface area contributed by atoms with Crippen LogP contribution in [0.1, 0.15) is 22.7 Å². The molecule has 1 aromatic rings. The van der Waals surface area contributed by atoms with E-state index in [1.165, 1.54) is 16.7 Å². The fourth-order valence-corrected chi connectivity index (χ4v) is 3.56. The summed E-state index contributed by atoms with van der Waals surface area (Å²) >= 11 is 2.36. The molecule has 0 bridgehead atoms. The molecule has 0 unspecified atom stereocenters. The van der Waals surface area contributed by atoms with Gasteiger partial charge < -0.3 is 4.28 Å².